The van der Waals surface area contributed by atoms with Crippen molar-refractivity contribution in [2.24, 2.45) is 51.9 Å². The predicted octanol–water partition coefficient (Wildman–Crippen LogP) is 16.6. The number of carboxylic acids is 1. The van der Waals surface area contributed by atoms with Crippen LogP contribution in [-0.2, 0) is 28.2 Å². The van der Waals surface area contributed by atoms with Crippen molar-refractivity contribution >= 4 is 109 Å². The molecule has 21 nitrogen and oxygen atoms in total. The van der Waals surface area contributed by atoms with Crippen molar-refractivity contribution in [1.29, 1.82) is 0 Å². The second-order valence-corrected chi connectivity index (χ2v) is 30.4. The summed E-state index contributed by atoms with van der Waals surface area (Å²) < 4.78 is 12.9. The maximum Gasteiger partial charge on any atom is 0.569 e. The first kappa shape index (κ1) is 83.2. The number of carboxylic acid groups (broad SMARTS) is 1. The van der Waals surface area contributed by atoms with Crippen LogP contribution in [0.2, 0.25) is 0 Å². The number of aromatic nitrogens is 8. The Labute approximate surface area is 690 Å². The number of halogens is 1. The van der Waals surface area contributed by atoms with Crippen molar-refractivity contribution in [3.8, 4) is 39.5 Å². The number of aromatic carboxylic acids is 1. The third-order valence-electron chi connectivity index (χ3n) is 21.4. The Morgan fingerprint density at radius 1 is 0.405 bits per heavy atom. The number of Topliss-reactive ketones (excluding diaryl/α,β-unsaturated/α-hetero) is 2. The van der Waals surface area contributed by atoms with Gasteiger partial charge in [-0.3, -0.25) is 42.7 Å². The van der Waals surface area contributed by atoms with Crippen LogP contribution in [0.1, 0.15) is 109 Å². The van der Waals surface area contributed by atoms with E-state index in [1.807, 2.05) is 281 Å². The number of amides is 3. The van der Waals surface area contributed by atoms with Gasteiger partial charge in [0.2, 0.25) is 0 Å². The lowest BCUT2D eigenvalue weighted by Crippen LogP contribution is -2.50. The average molecular weight is 1660 g/mol. The van der Waals surface area contributed by atoms with Crippen LogP contribution in [0.25, 0.3) is 77.4 Å². The smallest absolute Gasteiger partial charge is 0.537 e. The first-order valence-corrected chi connectivity index (χ1v) is 39.6. The van der Waals surface area contributed by atoms with Crippen molar-refractivity contribution in [3.05, 3.63) is 292 Å². The van der Waals surface area contributed by atoms with E-state index in [0.29, 0.717) is 36.8 Å². The number of rotatable bonds is 15. The molecule has 14 aromatic rings. The summed E-state index contributed by atoms with van der Waals surface area (Å²) in [6.07, 6.45) is 4.58. The second kappa shape index (κ2) is 38.8. The largest absolute Gasteiger partial charge is 0.569 e. The molecule has 4 fully saturated rings. The third kappa shape index (κ3) is 20.1. The van der Waals surface area contributed by atoms with E-state index in [-0.39, 0.29) is 42.3 Å². The fraction of sp³-hybridized carbons (Fsp3) is 0.247. The molecule has 0 spiro atoms. The lowest BCUT2D eigenvalue weighted by molar-refractivity contribution is 0.0453. The van der Waals surface area contributed by atoms with Crippen LogP contribution in [0.15, 0.2) is 255 Å². The molecule has 4 aromatic heterocycles. The molecule has 0 unspecified atom stereocenters. The summed E-state index contributed by atoms with van der Waals surface area (Å²) in [4.78, 5) is 78.0. The minimum Gasteiger partial charge on any atom is -0.537 e. The van der Waals surface area contributed by atoms with Gasteiger partial charge in [-0.2, -0.15) is 20.4 Å². The van der Waals surface area contributed by atoms with Gasteiger partial charge >= 0.3 is 13.7 Å². The minimum absolute atomic E-state index is 0. The zero-order valence-corrected chi connectivity index (χ0v) is 67.3. The Kier molecular flexibility index (Phi) is 27.8. The molecule has 0 bridgehead atoms. The zero-order chi connectivity index (χ0) is 80.7. The molecule has 591 valence electrons. The molecule has 8 heterocycles. The number of fused-ring (bicyclic) bond motifs is 4. The van der Waals surface area contributed by atoms with Crippen LogP contribution in [-0.4, -0.2) is 159 Å². The van der Waals surface area contributed by atoms with E-state index in [9.17, 15) is 28.8 Å². The molecule has 4 aliphatic rings. The van der Waals surface area contributed by atoms with Crippen molar-refractivity contribution in [1.82, 2.24) is 59.1 Å². The summed E-state index contributed by atoms with van der Waals surface area (Å²) >= 11 is 2.18. The van der Waals surface area contributed by atoms with Crippen molar-refractivity contribution in [2.75, 3.05) is 52.4 Å². The summed E-state index contributed by atoms with van der Waals surface area (Å²) in [7, 11) is 8.28. The summed E-state index contributed by atoms with van der Waals surface area (Å²) in [5.74, 6) is 2.87. The standard InChI is InChI=1S/C30H30N4O2.C16H14N2O.C15H12N2O2.C15H20N2O.C10H9IN2O.C6H6BO2.CH4/c1-32-27-13-12-25(17-26(27)28(31-32)23-8-4-2-5-9-23)30(36)34-19-22(20-34)16-21-14-15-33(18-21)29(35)24-10-6-3-7-11-24;1-11(19)13-8-9-15-14(10-13)16(17-18(15)2)12-6-4-3-5-7-12;1-17-13-8-7-11(15(18)19)9-12(13)14(16-17)10-5-3-2-4-6-10;18-15(14-4-2-1-3-5-14)17-7-6-12(11-17)8-13-9-16-10-13;1-6(14)7-3-4-9-8(5-7)10(11)12-13(9)2;8-7-9-6-4-2-1-3-5-6;/h2-13,17,21-22H,14-16,18-20H2,1H3;3-10H,1-2H3;2-9H,1H3,(H,18,19);1-5,12-13,16H,6-11H2;3-5H,1-2H3;1-5,8H;1H4/t21-;;;12-;;;/m1..1.../s1. The third-order valence-corrected chi connectivity index (χ3v) is 22.2. The van der Waals surface area contributed by atoms with Gasteiger partial charge in [0.1, 0.15) is 20.8 Å². The molecule has 4 aliphatic heterocycles. The van der Waals surface area contributed by atoms with Crippen LogP contribution in [0, 0.1) is 27.4 Å². The van der Waals surface area contributed by atoms with Gasteiger partial charge in [-0.15, -0.1) is 0 Å². The van der Waals surface area contributed by atoms with Gasteiger partial charge in [-0.25, -0.2) is 4.79 Å². The molecule has 4 saturated heterocycles. The lowest BCUT2D eigenvalue weighted by atomic mass is 9.87. The molecular weight excluding hydrogens is 1570 g/mol. The Morgan fingerprint density at radius 2 is 0.733 bits per heavy atom. The van der Waals surface area contributed by atoms with E-state index in [0.717, 1.165) is 161 Å². The highest BCUT2D eigenvalue weighted by Gasteiger charge is 2.36. The number of nitrogens with zero attached hydrogens (tertiary/aromatic N) is 11. The highest BCUT2D eigenvalue weighted by atomic mass is 127. The molecule has 3 amide bonds. The second-order valence-electron chi connectivity index (χ2n) is 29.4. The Morgan fingerprint density at radius 3 is 1.12 bits per heavy atom. The molecule has 18 rings (SSSR count). The SMILES string of the molecule is C.CC(=O)c1ccc2c(c1)c(-c1ccccc1)nn2C.CC(=O)c1ccc2c(c1)c(I)nn2C.Cn1nc(-c2ccccc2)c2cc(C(=O)N3CC(C[C@H]4CCN(C(=O)c5ccccc5)C4)C3)ccc21.Cn1nc(-c2ccccc2)c2cc(C(=O)O)ccc21.O=C(c1ccccc1)N1CC[C@H](CC2CNC2)C1.O[B]Oc1ccccc1. The summed E-state index contributed by atoms with van der Waals surface area (Å²) in [5, 5.41) is 42.5. The topological polar surface area (TPSA) is 245 Å². The van der Waals surface area contributed by atoms with Gasteiger partial charge in [0.15, 0.2) is 11.6 Å². The van der Waals surface area contributed by atoms with Crippen LogP contribution >= 0.6 is 22.6 Å². The summed E-state index contributed by atoms with van der Waals surface area (Å²) in [5.41, 5.74) is 13.8. The average Bonchev–Trinajstić information content (AvgIpc) is 1.58. The highest BCUT2D eigenvalue weighted by molar-refractivity contribution is 14.1. The summed E-state index contributed by atoms with van der Waals surface area (Å²) in [6, 6.07) is 80.5. The first-order valence-electron chi connectivity index (χ1n) is 38.6. The van der Waals surface area contributed by atoms with E-state index in [2.05, 4.69) is 47.9 Å². The molecule has 1 radical (unpaired) electrons. The van der Waals surface area contributed by atoms with Crippen LogP contribution in [0.4, 0.5) is 0 Å². The molecule has 2 atom stereocenters. The first-order chi connectivity index (χ1) is 55.7. The summed E-state index contributed by atoms with van der Waals surface area (Å²) in [6.45, 7) is 10.6. The Balaban J connectivity index is 0.000000135. The van der Waals surface area contributed by atoms with Gasteiger partial charge < -0.3 is 34.8 Å². The maximum absolute atomic E-state index is 13.3. The fourth-order valence-electron chi connectivity index (χ4n) is 15.2. The molecule has 23 heteroatoms. The minimum atomic E-state index is -0.926. The Bertz CT molecular complexity index is 5610. The van der Waals surface area contributed by atoms with Crippen LogP contribution < -0.4 is 9.97 Å². The van der Waals surface area contributed by atoms with E-state index >= 15 is 0 Å². The van der Waals surface area contributed by atoms with Gasteiger partial charge in [0.25, 0.3) is 17.7 Å². The van der Waals surface area contributed by atoms with Crippen molar-refractivity contribution < 1.29 is 43.6 Å². The van der Waals surface area contributed by atoms with E-state index in [1.54, 1.807) is 48.9 Å². The number of ketones is 2. The van der Waals surface area contributed by atoms with E-state index < -0.39 is 5.97 Å². The number of hydrogen-bond donors (Lipinski definition) is 3. The monoisotopic (exact) mass is 1660 g/mol. The number of nitrogens with one attached hydrogen (secondary N) is 1. The molecule has 3 N–H and O–H groups in total. The fourth-order valence-corrected chi connectivity index (χ4v) is 15.9. The maximum atomic E-state index is 13.3. The zero-order valence-electron chi connectivity index (χ0n) is 65.2. The van der Waals surface area contributed by atoms with Gasteiger partial charge in [0, 0.05) is 134 Å². The number of hydrogen-bond acceptors (Lipinski definition) is 13. The molecule has 10 aromatic carbocycles. The quantitative estimate of drug-likeness (QED) is 0.0491. The van der Waals surface area contributed by atoms with Gasteiger partial charge in [0.05, 0.1) is 33.4 Å². The number of likely N-dealkylation sites (tertiary alicyclic amines) is 3. The number of carbonyl (C=O) groups excluding carboxylic acids is 5. The number of benzene rings is 10. The molecule has 116 heavy (non-hydrogen) atoms. The van der Waals surface area contributed by atoms with Crippen molar-refractivity contribution in [3.63, 3.8) is 0 Å². The van der Waals surface area contributed by atoms with Crippen LogP contribution in [0.5, 0.6) is 5.75 Å². The number of para-hydroxylation sites is 1. The van der Waals surface area contributed by atoms with E-state index in [4.69, 9.17) is 15.2 Å². The molecule has 0 saturated carbocycles. The highest BCUT2D eigenvalue weighted by Crippen LogP contribution is 2.35. The molecule has 0 aliphatic carbocycles. The Hall–Kier alpha value is -12.2. The predicted molar refractivity (Wildman–Crippen MR) is 467 cm³/mol. The van der Waals surface area contributed by atoms with Gasteiger partial charge in [-0.1, -0.05) is 153 Å². The van der Waals surface area contributed by atoms with Gasteiger partial charge in [-0.05, 0) is 208 Å². The number of carbonyl (C=O) groups is 6. The van der Waals surface area contributed by atoms with E-state index in [1.165, 1.54) is 25.9 Å². The van der Waals surface area contributed by atoms with Crippen LogP contribution in [0.3, 0.4) is 0 Å². The molecular formula is C93H95BIN12O9. The van der Waals surface area contributed by atoms with Crippen molar-refractivity contribution in [2.45, 2.75) is 47.0 Å². The number of aryl methyl sites for hydroxylation is 4. The lowest BCUT2D eigenvalue weighted by Gasteiger charge is -2.40. The normalized spacial score (nSPS) is 14.8.